The highest BCUT2D eigenvalue weighted by Gasteiger charge is 2.13. The van der Waals surface area contributed by atoms with Crippen LogP contribution < -0.4 is 10.6 Å². The third kappa shape index (κ3) is 4.17. The van der Waals surface area contributed by atoms with Gasteiger partial charge in [0.15, 0.2) is 0 Å². The number of anilines is 2. The summed E-state index contributed by atoms with van der Waals surface area (Å²) >= 11 is 0. The Labute approximate surface area is 155 Å². The van der Waals surface area contributed by atoms with Crippen molar-refractivity contribution in [3.05, 3.63) is 95.3 Å². The highest BCUT2D eigenvalue weighted by molar-refractivity contribution is 6.09. The van der Waals surface area contributed by atoms with E-state index in [4.69, 9.17) is 5.26 Å². The van der Waals surface area contributed by atoms with Crippen molar-refractivity contribution < 1.29 is 14.0 Å². The van der Waals surface area contributed by atoms with Crippen molar-refractivity contribution in [2.75, 3.05) is 10.6 Å². The van der Waals surface area contributed by atoms with Crippen LogP contribution in [-0.4, -0.2) is 11.8 Å². The molecule has 0 aliphatic heterocycles. The topological polar surface area (TPSA) is 82.0 Å². The van der Waals surface area contributed by atoms with Gasteiger partial charge in [0.05, 0.1) is 16.9 Å². The maximum atomic E-state index is 13.7. The number of nitrogens with one attached hydrogen (secondary N) is 2. The molecule has 6 heteroatoms. The number of amides is 2. The number of nitrogens with zero attached hydrogens (tertiary/aromatic N) is 1. The Morgan fingerprint density at radius 1 is 0.778 bits per heavy atom. The molecule has 0 bridgehead atoms. The van der Waals surface area contributed by atoms with E-state index in [0.29, 0.717) is 11.3 Å². The first kappa shape index (κ1) is 17.8. The summed E-state index contributed by atoms with van der Waals surface area (Å²) in [4.78, 5) is 24.8. The molecule has 0 fully saturated rings. The van der Waals surface area contributed by atoms with Gasteiger partial charge >= 0.3 is 0 Å². The average molecular weight is 359 g/mol. The zero-order valence-electron chi connectivity index (χ0n) is 14.1. The number of carbonyl (C=O) groups excluding carboxylic acids is 2. The van der Waals surface area contributed by atoms with Crippen LogP contribution in [0.5, 0.6) is 0 Å². The van der Waals surface area contributed by atoms with Gasteiger partial charge in [-0.2, -0.15) is 5.26 Å². The quantitative estimate of drug-likeness (QED) is 0.732. The second kappa shape index (κ2) is 7.93. The molecule has 0 saturated heterocycles. The van der Waals surface area contributed by atoms with Crippen LogP contribution in [0.1, 0.15) is 26.3 Å². The number of nitriles is 1. The Morgan fingerprint density at radius 2 is 1.33 bits per heavy atom. The third-order valence-corrected chi connectivity index (χ3v) is 3.80. The second-order valence-electron chi connectivity index (χ2n) is 5.63. The number of hydrogen-bond donors (Lipinski definition) is 2. The smallest absolute Gasteiger partial charge is 0.255 e. The van der Waals surface area contributed by atoms with E-state index in [1.165, 1.54) is 30.3 Å². The van der Waals surface area contributed by atoms with E-state index in [-0.39, 0.29) is 16.8 Å². The zero-order chi connectivity index (χ0) is 19.2. The summed E-state index contributed by atoms with van der Waals surface area (Å²) < 4.78 is 13.7. The van der Waals surface area contributed by atoms with Crippen LogP contribution in [0.4, 0.5) is 15.8 Å². The number of rotatable bonds is 4. The highest BCUT2D eigenvalue weighted by atomic mass is 19.1. The van der Waals surface area contributed by atoms with Gasteiger partial charge in [-0.3, -0.25) is 9.59 Å². The lowest BCUT2D eigenvalue weighted by atomic mass is 10.1. The molecule has 3 rings (SSSR count). The van der Waals surface area contributed by atoms with Crippen molar-refractivity contribution in [2.45, 2.75) is 0 Å². The van der Waals surface area contributed by atoms with Gasteiger partial charge in [-0.05, 0) is 42.5 Å². The lowest BCUT2D eigenvalue weighted by Gasteiger charge is -2.09. The van der Waals surface area contributed by atoms with Crippen LogP contribution >= 0.6 is 0 Å². The molecule has 0 aromatic heterocycles. The van der Waals surface area contributed by atoms with E-state index in [0.717, 1.165) is 0 Å². The highest BCUT2D eigenvalue weighted by Crippen LogP contribution is 2.17. The molecule has 0 spiro atoms. The molecule has 132 valence electrons. The normalized spacial score (nSPS) is 9.93. The van der Waals surface area contributed by atoms with Crippen LogP contribution in [-0.2, 0) is 0 Å². The minimum atomic E-state index is -0.548. The fourth-order valence-electron chi connectivity index (χ4n) is 2.44. The molecular weight excluding hydrogens is 345 g/mol. The standard InChI is InChI=1S/C21H14FN3O2/c22-17-9-2-4-11-19(17)25-21(27)15-8-5-7-14(12-15)20(26)24-18-10-3-1-6-16(18)13-23/h1-12H,(H,24,26)(H,25,27). The summed E-state index contributed by atoms with van der Waals surface area (Å²) in [6, 6.07) is 20.5. The first-order chi connectivity index (χ1) is 13.1. The minimum Gasteiger partial charge on any atom is -0.321 e. The monoisotopic (exact) mass is 359 g/mol. The SMILES string of the molecule is N#Cc1ccccc1NC(=O)c1cccc(C(=O)Nc2ccccc2F)c1. The molecule has 5 nitrogen and oxygen atoms in total. The molecule has 0 unspecified atom stereocenters. The molecular formula is C21H14FN3O2. The summed E-state index contributed by atoms with van der Waals surface area (Å²) in [7, 11) is 0. The predicted molar refractivity (Wildman–Crippen MR) is 99.9 cm³/mol. The largest absolute Gasteiger partial charge is 0.321 e. The van der Waals surface area contributed by atoms with Crippen molar-refractivity contribution >= 4 is 23.2 Å². The van der Waals surface area contributed by atoms with Crippen molar-refractivity contribution in [3.63, 3.8) is 0 Å². The van der Waals surface area contributed by atoms with Crippen molar-refractivity contribution in [2.24, 2.45) is 0 Å². The van der Waals surface area contributed by atoms with Crippen molar-refractivity contribution in [3.8, 4) is 6.07 Å². The van der Waals surface area contributed by atoms with Crippen molar-refractivity contribution in [1.82, 2.24) is 0 Å². The molecule has 0 atom stereocenters. The Bertz CT molecular complexity index is 1060. The summed E-state index contributed by atoms with van der Waals surface area (Å²) in [5.41, 5.74) is 1.22. The maximum absolute atomic E-state index is 13.7. The Kier molecular flexibility index (Phi) is 5.24. The second-order valence-corrected chi connectivity index (χ2v) is 5.63. The van der Waals surface area contributed by atoms with Crippen molar-refractivity contribution in [1.29, 1.82) is 5.26 Å². The summed E-state index contributed by atoms with van der Waals surface area (Å²) in [6.45, 7) is 0. The zero-order valence-corrected chi connectivity index (χ0v) is 14.1. The van der Waals surface area contributed by atoms with Gasteiger partial charge in [-0.25, -0.2) is 4.39 Å². The Morgan fingerprint density at radius 3 is 1.96 bits per heavy atom. The molecule has 0 saturated carbocycles. The van der Waals surface area contributed by atoms with Crippen LogP contribution in [0.3, 0.4) is 0 Å². The summed E-state index contributed by atoms with van der Waals surface area (Å²) in [5.74, 6) is -1.54. The number of benzene rings is 3. The average Bonchev–Trinajstić information content (AvgIpc) is 2.70. The van der Waals surface area contributed by atoms with E-state index >= 15 is 0 Å². The molecule has 3 aromatic rings. The molecule has 0 aliphatic carbocycles. The predicted octanol–water partition coefficient (Wildman–Crippen LogP) is 4.20. The fourth-order valence-corrected chi connectivity index (χ4v) is 2.44. The van der Waals surface area contributed by atoms with Gasteiger partial charge in [0.25, 0.3) is 11.8 Å². The Hall–Kier alpha value is -3.98. The molecule has 2 N–H and O–H groups in total. The third-order valence-electron chi connectivity index (χ3n) is 3.80. The van der Waals surface area contributed by atoms with Gasteiger partial charge in [0, 0.05) is 11.1 Å². The number of para-hydroxylation sites is 2. The maximum Gasteiger partial charge on any atom is 0.255 e. The van der Waals surface area contributed by atoms with E-state index in [2.05, 4.69) is 10.6 Å². The fraction of sp³-hybridized carbons (Fsp3) is 0. The first-order valence-electron chi connectivity index (χ1n) is 8.05. The molecule has 2 amide bonds. The molecule has 3 aromatic carbocycles. The minimum absolute atomic E-state index is 0.0558. The number of halogens is 1. The van der Waals surface area contributed by atoms with Gasteiger partial charge in [-0.1, -0.05) is 30.3 Å². The van der Waals surface area contributed by atoms with Gasteiger partial charge in [0.2, 0.25) is 0 Å². The van der Waals surface area contributed by atoms with Crippen LogP contribution in [0, 0.1) is 17.1 Å². The van der Waals surface area contributed by atoms with E-state index < -0.39 is 17.6 Å². The summed E-state index contributed by atoms with van der Waals surface area (Å²) in [5, 5.41) is 14.2. The first-order valence-corrected chi connectivity index (χ1v) is 8.05. The van der Waals surface area contributed by atoms with E-state index in [9.17, 15) is 14.0 Å². The lowest BCUT2D eigenvalue weighted by Crippen LogP contribution is -2.16. The van der Waals surface area contributed by atoms with Gasteiger partial charge in [0.1, 0.15) is 11.9 Å². The molecule has 27 heavy (non-hydrogen) atoms. The van der Waals surface area contributed by atoms with Gasteiger partial charge in [-0.15, -0.1) is 0 Å². The number of hydrogen-bond acceptors (Lipinski definition) is 3. The molecule has 0 heterocycles. The Balaban J connectivity index is 1.79. The lowest BCUT2D eigenvalue weighted by molar-refractivity contribution is 0.102. The van der Waals surface area contributed by atoms with Crippen LogP contribution in [0.2, 0.25) is 0 Å². The summed E-state index contributed by atoms with van der Waals surface area (Å²) in [6.07, 6.45) is 0. The van der Waals surface area contributed by atoms with E-state index in [1.807, 2.05) is 6.07 Å². The molecule has 0 radical (unpaired) electrons. The number of carbonyl (C=O) groups is 2. The molecule has 0 aliphatic rings. The van der Waals surface area contributed by atoms with Crippen LogP contribution in [0.15, 0.2) is 72.8 Å². The van der Waals surface area contributed by atoms with Crippen LogP contribution in [0.25, 0.3) is 0 Å². The van der Waals surface area contributed by atoms with Gasteiger partial charge < -0.3 is 10.6 Å². The van der Waals surface area contributed by atoms with E-state index in [1.54, 1.807) is 42.5 Å².